The Kier molecular flexibility index (Phi) is 8.57. The molecule has 0 bridgehead atoms. The number of aliphatic hydroxyl groups is 1. The van der Waals surface area contributed by atoms with Crippen molar-refractivity contribution in [3.05, 3.63) is 59.7 Å². The predicted octanol–water partition coefficient (Wildman–Crippen LogP) is 2.62. The smallest absolute Gasteiger partial charge is 0.328 e. The first-order valence-corrected chi connectivity index (χ1v) is 9.80. The number of nitrogens with zero attached hydrogens (tertiary/aromatic N) is 1. The van der Waals surface area contributed by atoms with E-state index in [4.69, 9.17) is 9.84 Å². The van der Waals surface area contributed by atoms with Gasteiger partial charge in [-0.1, -0.05) is 6.92 Å². The molecule has 9 heteroatoms. The Bertz CT molecular complexity index is 982. The maximum atomic E-state index is 12.6. The molecule has 1 amide bonds. The number of isothiocyanates is 1. The number of rotatable bonds is 10. The lowest BCUT2D eigenvalue weighted by atomic mass is 10.0. The molecule has 0 aliphatic carbocycles. The van der Waals surface area contributed by atoms with Gasteiger partial charge in [-0.25, -0.2) is 4.79 Å². The van der Waals surface area contributed by atoms with Crippen LogP contribution in [0.25, 0.3) is 0 Å². The van der Waals surface area contributed by atoms with Crippen molar-refractivity contribution in [3.8, 4) is 5.75 Å². The predicted molar refractivity (Wildman–Crippen MR) is 117 cm³/mol. The van der Waals surface area contributed by atoms with Crippen LogP contribution in [-0.2, 0) is 9.59 Å². The van der Waals surface area contributed by atoms with Gasteiger partial charge in [0.25, 0.3) is 0 Å². The van der Waals surface area contributed by atoms with Crippen LogP contribution in [0, 0.1) is 5.92 Å². The number of ketones is 1. The van der Waals surface area contributed by atoms with Gasteiger partial charge >= 0.3 is 5.97 Å². The fourth-order valence-corrected chi connectivity index (χ4v) is 2.70. The van der Waals surface area contributed by atoms with Gasteiger partial charge in [-0.2, -0.15) is 4.99 Å². The molecule has 2 aromatic rings. The fourth-order valence-electron chi connectivity index (χ4n) is 2.59. The normalized spacial score (nSPS) is 13.3. The topological polar surface area (TPSA) is 125 Å². The zero-order chi connectivity index (χ0) is 23.0. The van der Waals surface area contributed by atoms with E-state index < -0.39 is 29.9 Å². The molecule has 0 aliphatic heterocycles. The lowest BCUT2D eigenvalue weighted by Gasteiger charge is -2.20. The summed E-state index contributed by atoms with van der Waals surface area (Å²) >= 11 is 4.55. The average Bonchev–Trinajstić information content (AvgIpc) is 2.75. The van der Waals surface area contributed by atoms with Crippen LogP contribution in [0.4, 0.5) is 5.69 Å². The van der Waals surface area contributed by atoms with Crippen LogP contribution in [0.15, 0.2) is 53.5 Å². The Morgan fingerprint density at radius 1 is 1.06 bits per heavy atom. The Labute approximate surface area is 184 Å². The molecule has 3 unspecified atom stereocenters. The zero-order valence-corrected chi connectivity index (χ0v) is 17.8. The summed E-state index contributed by atoms with van der Waals surface area (Å²) in [5.41, 5.74) is 1.57. The minimum atomic E-state index is -1.39. The number of benzene rings is 2. The first-order valence-electron chi connectivity index (χ1n) is 9.39. The molecule has 0 fully saturated rings. The van der Waals surface area contributed by atoms with Gasteiger partial charge in [0.2, 0.25) is 5.91 Å². The van der Waals surface area contributed by atoms with E-state index in [1.54, 1.807) is 55.5 Å². The second-order valence-corrected chi connectivity index (χ2v) is 7.06. The van der Waals surface area contributed by atoms with E-state index in [9.17, 15) is 19.5 Å². The summed E-state index contributed by atoms with van der Waals surface area (Å²) in [6, 6.07) is 11.7. The summed E-state index contributed by atoms with van der Waals surface area (Å²) in [6.45, 7) is 2.85. The number of aliphatic imine (C=N–C) groups is 1. The van der Waals surface area contributed by atoms with Crippen LogP contribution in [0.3, 0.4) is 0 Å². The number of aliphatic carboxylic acids is 1. The van der Waals surface area contributed by atoms with E-state index in [1.165, 1.54) is 6.92 Å². The van der Waals surface area contributed by atoms with Crippen molar-refractivity contribution in [2.24, 2.45) is 10.9 Å². The SMILES string of the molecule is CC(COc1ccc(C(=O)c2ccc(N=C=S)cc2)cc1)C(=O)NC(C(=O)O)C(C)O. The third-order valence-electron chi connectivity index (χ3n) is 4.41. The van der Waals surface area contributed by atoms with Crippen LogP contribution < -0.4 is 10.1 Å². The van der Waals surface area contributed by atoms with Gasteiger partial charge in [-0.3, -0.25) is 9.59 Å². The number of ether oxygens (including phenoxy) is 1. The summed E-state index contributed by atoms with van der Waals surface area (Å²) in [5, 5.41) is 23.0. The largest absolute Gasteiger partial charge is 0.493 e. The van der Waals surface area contributed by atoms with Crippen LogP contribution in [0.5, 0.6) is 5.75 Å². The average molecular weight is 442 g/mol. The molecule has 0 aliphatic rings. The Hall–Kier alpha value is -3.39. The maximum absolute atomic E-state index is 12.6. The first kappa shape index (κ1) is 23.9. The molecule has 0 spiro atoms. The summed E-state index contributed by atoms with van der Waals surface area (Å²) < 4.78 is 5.56. The second kappa shape index (κ2) is 11.1. The number of carboxylic acids is 1. The third-order valence-corrected chi connectivity index (χ3v) is 4.51. The van der Waals surface area contributed by atoms with E-state index in [0.717, 1.165) is 0 Å². The number of nitrogens with one attached hydrogen (secondary N) is 1. The molecular weight excluding hydrogens is 420 g/mol. The monoisotopic (exact) mass is 442 g/mol. The first-order chi connectivity index (χ1) is 14.7. The highest BCUT2D eigenvalue weighted by atomic mass is 32.1. The van der Waals surface area contributed by atoms with Gasteiger partial charge in [-0.05, 0) is 67.7 Å². The van der Waals surface area contributed by atoms with Crippen molar-refractivity contribution in [2.45, 2.75) is 26.0 Å². The molecule has 0 heterocycles. The highest BCUT2D eigenvalue weighted by Gasteiger charge is 2.27. The number of carbonyl (C=O) groups excluding carboxylic acids is 2. The molecule has 8 nitrogen and oxygen atoms in total. The molecule has 2 aromatic carbocycles. The molecule has 3 N–H and O–H groups in total. The second-order valence-electron chi connectivity index (χ2n) is 6.88. The minimum Gasteiger partial charge on any atom is -0.493 e. The molecule has 31 heavy (non-hydrogen) atoms. The third kappa shape index (κ3) is 6.82. The van der Waals surface area contributed by atoms with Gasteiger partial charge in [0.1, 0.15) is 5.75 Å². The van der Waals surface area contributed by atoms with Gasteiger partial charge in [0.05, 0.1) is 29.5 Å². The number of amides is 1. The number of hydrogen-bond acceptors (Lipinski definition) is 7. The van der Waals surface area contributed by atoms with E-state index >= 15 is 0 Å². The fraction of sp³-hybridized carbons (Fsp3) is 0.273. The van der Waals surface area contributed by atoms with E-state index in [-0.39, 0.29) is 12.4 Å². The molecule has 0 saturated carbocycles. The minimum absolute atomic E-state index is 0.00682. The van der Waals surface area contributed by atoms with Crippen molar-refractivity contribution >= 4 is 40.7 Å². The summed E-state index contributed by atoms with van der Waals surface area (Å²) in [6.07, 6.45) is -1.23. The van der Waals surface area contributed by atoms with Crippen LogP contribution in [0.2, 0.25) is 0 Å². The number of aliphatic hydroxyl groups excluding tert-OH is 1. The molecule has 2 rings (SSSR count). The highest BCUT2D eigenvalue weighted by Crippen LogP contribution is 2.18. The Morgan fingerprint density at radius 2 is 1.61 bits per heavy atom. The number of thiocarbonyl (C=S) groups is 1. The summed E-state index contributed by atoms with van der Waals surface area (Å²) in [5.74, 6) is -2.25. The van der Waals surface area contributed by atoms with Gasteiger partial charge in [0.15, 0.2) is 11.8 Å². The van der Waals surface area contributed by atoms with Crippen LogP contribution in [-0.4, -0.2) is 51.8 Å². The van der Waals surface area contributed by atoms with Crippen molar-refractivity contribution in [2.75, 3.05) is 6.61 Å². The molecule has 0 radical (unpaired) electrons. The standard InChI is InChI=1S/C22H22N2O6S/c1-13(21(27)24-19(14(2)25)22(28)29)11-30-18-9-5-16(6-10-18)20(26)15-3-7-17(8-4-15)23-12-31/h3-10,13-14,19,25H,11H2,1-2H3,(H,24,27)(H,28,29). The van der Waals surface area contributed by atoms with Gasteiger partial charge in [-0.15, -0.1) is 0 Å². The van der Waals surface area contributed by atoms with Crippen LogP contribution in [0.1, 0.15) is 29.8 Å². The lowest BCUT2D eigenvalue weighted by molar-refractivity contribution is -0.145. The summed E-state index contributed by atoms with van der Waals surface area (Å²) in [4.78, 5) is 39.6. The number of carbonyl (C=O) groups is 3. The van der Waals surface area contributed by atoms with Gasteiger partial charge < -0.3 is 20.3 Å². The van der Waals surface area contributed by atoms with Crippen LogP contribution >= 0.6 is 12.2 Å². The number of carboxylic acid groups (broad SMARTS) is 1. The zero-order valence-electron chi connectivity index (χ0n) is 16.9. The molecule has 0 aromatic heterocycles. The van der Waals surface area contributed by atoms with E-state index in [1.807, 2.05) is 0 Å². The van der Waals surface area contributed by atoms with Crippen molar-refractivity contribution < 1.29 is 29.3 Å². The van der Waals surface area contributed by atoms with Crippen molar-refractivity contribution in [1.82, 2.24) is 5.32 Å². The highest BCUT2D eigenvalue weighted by molar-refractivity contribution is 7.78. The molecular formula is C22H22N2O6S. The number of hydrogen-bond donors (Lipinski definition) is 3. The molecule has 0 saturated heterocycles. The van der Waals surface area contributed by atoms with E-state index in [0.29, 0.717) is 22.6 Å². The lowest BCUT2D eigenvalue weighted by Crippen LogP contribution is -2.49. The molecule has 3 atom stereocenters. The maximum Gasteiger partial charge on any atom is 0.328 e. The molecule has 162 valence electrons. The van der Waals surface area contributed by atoms with Crippen molar-refractivity contribution in [1.29, 1.82) is 0 Å². The Morgan fingerprint density at radius 3 is 2.10 bits per heavy atom. The Balaban J connectivity index is 1.94. The van der Waals surface area contributed by atoms with Gasteiger partial charge in [0, 0.05) is 11.1 Å². The summed E-state index contributed by atoms with van der Waals surface area (Å²) in [7, 11) is 0. The quantitative estimate of drug-likeness (QED) is 0.293. The van der Waals surface area contributed by atoms with E-state index in [2.05, 4.69) is 27.7 Å². The van der Waals surface area contributed by atoms with Crippen molar-refractivity contribution in [3.63, 3.8) is 0 Å².